The molecule has 0 amide bonds. The Balaban J connectivity index is 0.00000280. The molecule has 1 aliphatic heterocycles. The van der Waals surface area contributed by atoms with Gasteiger partial charge in [-0.05, 0) is 36.6 Å². The zero-order valence-electron chi connectivity index (χ0n) is 16.9. The molecule has 1 unspecified atom stereocenters. The number of halogens is 1. The number of aliphatic imine (C=N–C) groups is 1. The summed E-state index contributed by atoms with van der Waals surface area (Å²) in [5.41, 5.74) is 4.89. The summed E-state index contributed by atoms with van der Waals surface area (Å²) in [5.74, 6) is 1.49. The van der Waals surface area contributed by atoms with Crippen LogP contribution in [0.25, 0.3) is 0 Å². The van der Waals surface area contributed by atoms with Crippen molar-refractivity contribution in [2.75, 3.05) is 33.9 Å². The van der Waals surface area contributed by atoms with Crippen LogP contribution >= 0.6 is 24.0 Å². The second-order valence-electron chi connectivity index (χ2n) is 6.77. The minimum atomic E-state index is 0. The van der Waals surface area contributed by atoms with Crippen molar-refractivity contribution in [3.05, 3.63) is 58.8 Å². The van der Waals surface area contributed by atoms with Crippen molar-refractivity contribution in [2.45, 2.75) is 26.5 Å². The second kappa shape index (κ2) is 10.6. The third-order valence-electron chi connectivity index (χ3n) is 4.81. The van der Waals surface area contributed by atoms with Crippen LogP contribution in [0.15, 0.2) is 41.5 Å². The van der Waals surface area contributed by atoms with Crippen LogP contribution in [0.3, 0.4) is 0 Å². The van der Waals surface area contributed by atoms with Crippen LogP contribution in [0.5, 0.6) is 5.88 Å². The highest BCUT2D eigenvalue weighted by Crippen LogP contribution is 2.26. The molecule has 1 aromatic heterocycles. The first-order chi connectivity index (χ1) is 13.1. The Hall–Kier alpha value is -1.87. The molecular formula is C21H29IN4O2. The predicted molar refractivity (Wildman–Crippen MR) is 123 cm³/mol. The van der Waals surface area contributed by atoms with E-state index in [4.69, 9.17) is 9.47 Å². The fraction of sp³-hybridized carbons (Fsp3) is 0.429. The van der Waals surface area contributed by atoms with Crippen LogP contribution in [-0.4, -0.2) is 49.7 Å². The summed E-state index contributed by atoms with van der Waals surface area (Å²) in [5, 5.41) is 3.44. The molecule has 0 spiro atoms. The van der Waals surface area contributed by atoms with Gasteiger partial charge in [0.15, 0.2) is 5.96 Å². The number of nitrogens with one attached hydrogen (secondary N) is 1. The van der Waals surface area contributed by atoms with Gasteiger partial charge < -0.3 is 19.7 Å². The Morgan fingerprint density at radius 1 is 1.32 bits per heavy atom. The van der Waals surface area contributed by atoms with E-state index in [0.29, 0.717) is 19.0 Å². The summed E-state index contributed by atoms with van der Waals surface area (Å²) in [4.78, 5) is 10.9. The summed E-state index contributed by atoms with van der Waals surface area (Å²) in [6.07, 6.45) is 1.81. The highest BCUT2D eigenvalue weighted by Gasteiger charge is 2.25. The van der Waals surface area contributed by atoms with Crippen LogP contribution in [0, 0.1) is 13.8 Å². The Morgan fingerprint density at radius 2 is 2.14 bits per heavy atom. The number of hydrogen-bond donors (Lipinski definition) is 1. The topological polar surface area (TPSA) is 59.0 Å². The standard InChI is InChI=1S/C21H28N4O2.HI/c1-15-5-6-18(16(2)11-15)19-14-25(9-10-27-19)21(22-3)24-13-17-7-8-23-20(12-17)26-4;/h5-8,11-12,19H,9-10,13-14H2,1-4H3,(H,22,24);1H. The van der Waals surface area contributed by atoms with E-state index in [2.05, 4.69) is 52.2 Å². The third kappa shape index (κ3) is 5.57. The molecule has 1 aromatic carbocycles. The van der Waals surface area contributed by atoms with Crippen molar-refractivity contribution in [3.63, 3.8) is 0 Å². The highest BCUT2D eigenvalue weighted by molar-refractivity contribution is 14.0. The first-order valence-electron chi connectivity index (χ1n) is 9.24. The smallest absolute Gasteiger partial charge is 0.213 e. The Labute approximate surface area is 184 Å². The number of rotatable bonds is 4. The maximum Gasteiger partial charge on any atom is 0.213 e. The number of methoxy groups -OCH3 is 1. The van der Waals surface area contributed by atoms with E-state index in [1.165, 1.54) is 16.7 Å². The number of guanidine groups is 1. The molecule has 0 aliphatic carbocycles. The summed E-state index contributed by atoms with van der Waals surface area (Å²) in [7, 11) is 3.44. The van der Waals surface area contributed by atoms with Crippen LogP contribution in [0.2, 0.25) is 0 Å². The molecule has 1 fully saturated rings. The second-order valence-corrected chi connectivity index (χ2v) is 6.77. The van der Waals surface area contributed by atoms with Gasteiger partial charge in [-0.3, -0.25) is 4.99 Å². The molecule has 152 valence electrons. The van der Waals surface area contributed by atoms with Crippen molar-refractivity contribution in [1.82, 2.24) is 15.2 Å². The first-order valence-corrected chi connectivity index (χ1v) is 9.24. The summed E-state index contributed by atoms with van der Waals surface area (Å²) >= 11 is 0. The molecule has 1 N–H and O–H groups in total. The van der Waals surface area contributed by atoms with E-state index in [-0.39, 0.29) is 30.1 Å². The lowest BCUT2D eigenvalue weighted by atomic mass is 10.00. The number of hydrogen-bond acceptors (Lipinski definition) is 4. The van der Waals surface area contributed by atoms with E-state index >= 15 is 0 Å². The van der Waals surface area contributed by atoms with E-state index in [1.807, 2.05) is 19.2 Å². The molecule has 1 atom stereocenters. The summed E-state index contributed by atoms with van der Waals surface area (Å²) < 4.78 is 11.2. The first kappa shape index (κ1) is 22.4. The number of ether oxygens (including phenoxy) is 2. The minimum absolute atomic E-state index is 0. The van der Waals surface area contributed by atoms with Crippen molar-refractivity contribution in [3.8, 4) is 5.88 Å². The van der Waals surface area contributed by atoms with Crippen LogP contribution < -0.4 is 10.1 Å². The molecule has 28 heavy (non-hydrogen) atoms. The number of aryl methyl sites for hydroxylation is 2. The number of nitrogens with zero attached hydrogens (tertiary/aromatic N) is 3. The maximum atomic E-state index is 6.05. The molecular weight excluding hydrogens is 467 g/mol. The van der Waals surface area contributed by atoms with E-state index in [1.54, 1.807) is 13.3 Å². The molecule has 2 heterocycles. The third-order valence-corrected chi connectivity index (χ3v) is 4.81. The Bertz CT molecular complexity index is 813. The van der Waals surface area contributed by atoms with Crippen LogP contribution in [0.4, 0.5) is 0 Å². The van der Waals surface area contributed by atoms with Crippen LogP contribution in [-0.2, 0) is 11.3 Å². The number of morpholine rings is 1. The predicted octanol–water partition coefficient (Wildman–Crippen LogP) is 3.47. The van der Waals surface area contributed by atoms with Gasteiger partial charge in [0, 0.05) is 32.4 Å². The van der Waals surface area contributed by atoms with Gasteiger partial charge in [0.05, 0.1) is 20.3 Å². The minimum Gasteiger partial charge on any atom is -0.481 e. The SMILES string of the molecule is CN=C(NCc1ccnc(OC)c1)N1CCOC(c2ccc(C)cc2C)C1.I. The molecule has 7 heteroatoms. The lowest BCUT2D eigenvalue weighted by Gasteiger charge is -2.35. The van der Waals surface area contributed by atoms with Gasteiger partial charge in [-0.1, -0.05) is 23.8 Å². The fourth-order valence-corrected chi connectivity index (χ4v) is 3.40. The van der Waals surface area contributed by atoms with Gasteiger partial charge in [0.25, 0.3) is 0 Å². The van der Waals surface area contributed by atoms with Crippen molar-refractivity contribution in [1.29, 1.82) is 0 Å². The van der Waals surface area contributed by atoms with E-state index < -0.39 is 0 Å². The Kier molecular flexibility index (Phi) is 8.50. The molecule has 2 aromatic rings. The summed E-state index contributed by atoms with van der Waals surface area (Å²) in [6, 6.07) is 10.4. The normalized spacial score (nSPS) is 17.1. The van der Waals surface area contributed by atoms with Crippen molar-refractivity contribution < 1.29 is 9.47 Å². The van der Waals surface area contributed by atoms with Gasteiger partial charge in [-0.15, -0.1) is 24.0 Å². The maximum absolute atomic E-state index is 6.05. The van der Waals surface area contributed by atoms with Gasteiger partial charge >= 0.3 is 0 Å². The molecule has 0 bridgehead atoms. The molecule has 0 radical (unpaired) electrons. The lowest BCUT2D eigenvalue weighted by Crippen LogP contribution is -2.48. The molecule has 1 saturated heterocycles. The Morgan fingerprint density at radius 3 is 2.86 bits per heavy atom. The molecule has 1 aliphatic rings. The van der Waals surface area contributed by atoms with E-state index in [9.17, 15) is 0 Å². The zero-order chi connectivity index (χ0) is 19.2. The quantitative estimate of drug-likeness (QED) is 0.399. The fourth-order valence-electron chi connectivity index (χ4n) is 3.40. The van der Waals surface area contributed by atoms with Gasteiger partial charge in [0.1, 0.15) is 6.10 Å². The largest absolute Gasteiger partial charge is 0.481 e. The lowest BCUT2D eigenvalue weighted by molar-refractivity contribution is -0.00834. The van der Waals surface area contributed by atoms with E-state index in [0.717, 1.165) is 24.6 Å². The van der Waals surface area contributed by atoms with Gasteiger partial charge in [-0.2, -0.15) is 0 Å². The molecule has 6 nitrogen and oxygen atoms in total. The van der Waals surface area contributed by atoms with Crippen molar-refractivity contribution >= 4 is 29.9 Å². The summed E-state index contributed by atoms with van der Waals surface area (Å²) in [6.45, 7) is 7.21. The molecule has 3 rings (SSSR count). The van der Waals surface area contributed by atoms with Crippen LogP contribution in [0.1, 0.15) is 28.4 Å². The number of benzene rings is 1. The zero-order valence-corrected chi connectivity index (χ0v) is 19.3. The average molecular weight is 496 g/mol. The highest BCUT2D eigenvalue weighted by atomic mass is 127. The molecule has 0 saturated carbocycles. The monoisotopic (exact) mass is 496 g/mol. The van der Waals surface area contributed by atoms with Crippen molar-refractivity contribution in [2.24, 2.45) is 4.99 Å². The number of aromatic nitrogens is 1. The van der Waals surface area contributed by atoms with Gasteiger partial charge in [-0.25, -0.2) is 4.98 Å². The number of pyridine rings is 1. The average Bonchev–Trinajstić information content (AvgIpc) is 2.69. The van der Waals surface area contributed by atoms with Gasteiger partial charge in [0.2, 0.25) is 5.88 Å².